The molecule has 0 radical (unpaired) electrons. The van der Waals surface area contributed by atoms with E-state index in [0.29, 0.717) is 40.2 Å². The summed E-state index contributed by atoms with van der Waals surface area (Å²) in [5.74, 6) is 3.26. The number of Topliss-reactive ketones (excluding diaryl/α,β-unsaturated/α-hetero) is 1. The zero-order chi connectivity index (χ0) is 47.7. The van der Waals surface area contributed by atoms with Gasteiger partial charge in [0.15, 0.2) is 17.3 Å². The lowest BCUT2D eigenvalue weighted by molar-refractivity contribution is -0.151. The van der Waals surface area contributed by atoms with Crippen molar-refractivity contribution in [1.29, 1.82) is 0 Å². The second-order valence-corrected chi connectivity index (χ2v) is 20.7. The van der Waals surface area contributed by atoms with Gasteiger partial charge in [0.05, 0.1) is 20.1 Å². The van der Waals surface area contributed by atoms with Gasteiger partial charge < -0.3 is 33.5 Å². The number of ether oxygens (including phenoxy) is 6. The fourth-order valence-corrected chi connectivity index (χ4v) is 11.6. The van der Waals surface area contributed by atoms with Gasteiger partial charge in [0.25, 0.3) is 0 Å². The third-order valence-corrected chi connectivity index (χ3v) is 16.9. The van der Waals surface area contributed by atoms with Crippen molar-refractivity contribution < 1.29 is 47.9 Å². The molecule has 7 atom stereocenters. The Balaban J connectivity index is 0.000000137. The van der Waals surface area contributed by atoms with Crippen molar-refractivity contribution in [1.82, 2.24) is 0 Å². The first kappa shape index (κ1) is 47.6. The van der Waals surface area contributed by atoms with Crippen molar-refractivity contribution in [3.8, 4) is 23.0 Å². The minimum atomic E-state index is -0.306. The summed E-state index contributed by atoms with van der Waals surface area (Å²) < 4.78 is 33.5. The largest absolute Gasteiger partial charge is 0.496 e. The quantitative estimate of drug-likeness (QED) is 0.128. The van der Waals surface area contributed by atoms with Crippen LogP contribution in [0.3, 0.4) is 0 Å². The Morgan fingerprint density at radius 1 is 0.716 bits per heavy atom. The number of hydrogen-bond donors (Lipinski definition) is 1. The first-order chi connectivity index (χ1) is 31.9. The molecule has 4 bridgehead atoms. The van der Waals surface area contributed by atoms with Gasteiger partial charge in [0.1, 0.15) is 35.4 Å². The van der Waals surface area contributed by atoms with E-state index in [1.807, 2.05) is 85.8 Å². The summed E-state index contributed by atoms with van der Waals surface area (Å²) in [6.07, 6.45) is 13.6. The summed E-state index contributed by atoms with van der Waals surface area (Å²) in [5.41, 5.74) is 5.93. The molecule has 67 heavy (non-hydrogen) atoms. The van der Waals surface area contributed by atoms with Crippen molar-refractivity contribution in [2.24, 2.45) is 33.5 Å². The van der Waals surface area contributed by atoms with Crippen LogP contribution in [0.2, 0.25) is 0 Å². The summed E-state index contributed by atoms with van der Waals surface area (Å²) >= 11 is 0. The number of benzene rings is 4. The van der Waals surface area contributed by atoms with E-state index in [2.05, 4.69) is 41.5 Å². The highest BCUT2D eigenvalue weighted by atomic mass is 16.7. The van der Waals surface area contributed by atoms with Crippen LogP contribution in [0.25, 0.3) is 12.2 Å². The van der Waals surface area contributed by atoms with E-state index < -0.39 is 0 Å². The normalized spacial score (nSPS) is 27.7. The zero-order valence-corrected chi connectivity index (χ0v) is 40.3. The van der Waals surface area contributed by atoms with Gasteiger partial charge in [-0.1, -0.05) is 108 Å². The molecule has 354 valence electrons. The highest BCUT2D eigenvalue weighted by Crippen LogP contribution is 2.67. The molecular weight excluding hydrogens is 845 g/mol. The number of ketones is 1. The number of aryl methyl sites for hydroxylation is 1. The van der Waals surface area contributed by atoms with Crippen LogP contribution in [0.4, 0.5) is 0 Å². The molecular formula is C57H66O10. The summed E-state index contributed by atoms with van der Waals surface area (Å²) in [4.78, 5) is 36.9. The molecule has 7 unspecified atom stereocenters. The van der Waals surface area contributed by atoms with E-state index in [-0.39, 0.29) is 77.5 Å². The first-order valence-corrected chi connectivity index (χ1v) is 23.8. The number of hydrogen-bond acceptors (Lipinski definition) is 10. The van der Waals surface area contributed by atoms with Crippen molar-refractivity contribution >= 4 is 29.9 Å². The van der Waals surface area contributed by atoms with Gasteiger partial charge in [-0.25, -0.2) is 9.59 Å². The Bertz CT molecular complexity index is 2520. The van der Waals surface area contributed by atoms with E-state index in [1.54, 1.807) is 24.3 Å². The predicted molar refractivity (Wildman–Crippen MR) is 258 cm³/mol. The summed E-state index contributed by atoms with van der Waals surface area (Å²) in [7, 11) is 1.51. The Labute approximate surface area is 395 Å². The van der Waals surface area contributed by atoms with E-state index in [9.17, 15) is 19.5 Å². The standard InChI is InChI=1S/C20H24O4.C19H24O2.C18H18O4/c1-19(2)14-8-9-20(19,3)17(11-14)24-18(21)7-5-13-4-6-15-16(10-13)23-12-22-15;1-18(2)15-11-12-19(18,3)16(13-15)21-17(20)10-9-14-7-5-4-6-8-14;1-11-3-5-13(6-4-11)15-9-14(20)18-16(21-2)7-12(10-19)8-17(18)22-15/h4-7,10,14,17H,8-9,11-12H2,1-3H3;4-10,15-16H,11-13H2,1-3H3;3-8,15,19H,9-10H2,1-2H3/b7-5+;10-9+;. The van der Waals surface area contributed by atoms with Crippen molar-refractivity contribution in [3.05, 3.63) is 130 Å². The maximum Gasteiger partial charge on any atom is 0.331 e. The Morgan fingerprint density at radius 3 is 1.84 bits per heavy atom. The molecule has 4 fully saturated rings. The molecule has 2 aliphatic heterocycles. The van der Waals surface area contributed by atoms with Gasteiger partial charge in [0.2, 0.25) is 6.79 Å². The third-order valence-electron chi connectivity index (χ3n) is 16.9. The van der Waals surface area contributed by atoms with Gasteiger partial charge >= 0.3 is 11.9 Å². The Morgan fingerprint density at radius 2 is 1.30 bits per heavy atom. The van der Waals surface area contributed by atoms with Gasteiger partial charge in [-0.05, 0) is 127 Å². The number of carbonyl (C=O) groups excluding carboxylic acids is 3. The Kier molecular flexibility index (Phi) is 13.5. The fraction of sp³-hybridized carbons (Fsp3) is 0.456. The van der Waals surface area contributed by atoms with Crippen LogP contribution in [0.1, 0.15) is 131 Å². The second-order valence-electron chi connectivity index (χ2n) is 20.7. The molecule has 4 aliphatic carbocycles. The molecule has 2 heterocycles. The van der Waals surface area contributed by atoms with Crippen LogP contribution in [0, 0.1) is 40.4 Å². The zero-order valence-electron chi connectivity index (χ0n) is 40.3. The van der Waals surface area contributed by atoms with Crippen LogP contribution in [0.15, 0.2) is 97.1 Å². The van der Waals surface area contributed by atoms with Gasteiger partial charge in [-0.15, -0.1) is 0 Å². The monoisotopic (exact) mass is 910 g/mol. The predicted octanol–water partition coefficient (Wildman–Crippen LogP) is 11.8. The molecule has 0 spiro atoms. The molecule has 4 saturated carbocycles. The number of methoxy groups -OCH3 is 1. The molecule has 10 nitrogen and oxygen atoms in total. The van der Waals surface area contributed by atoms with Crippen LogP contribution < -0.4 is 18.9 Å². The fourth-order valence-electron chi connectivity index (χ4n) is 11.6. The molecule has 0 aromatic heterocycles. The molecule has 1 N–H and O–H groups in total. The van der Waals surface area contributed by atoms with E-state index >= 15 is 0 Å². The number of carbonyl (C=O) groups is 3. The number of aliphatic hydroxyl groups excluding tert-OH is 1. The highest BCUT2D eigenvalue weighted by Gasteiger charge is 2.64. The lowest BCUT2D eigenvalue weighted by Gasteiger charge is -2.38. The number of rotatable bonds is 9. The van der Waals surface area contributed by atoms with Crippen LogP contribution in [-0.4, -0.2) is 48.9 Å². The number of esters is 2. The molecule has 0 saturated heterocycles. The SMILES string of the molecule is CC1(C)C2CCC1(C)C(OC(=O)/C=C/c1ccc3c(c1)OCO3)C2.CC1(C)C2CCC1(C)C(OC(=O)/C=C/c1ccccc1)C2.COc1cc(CO)cc2c1C(=O)CC(c1ccc(C)cc1)O2. The topological polar surface area (TPSA) is 127 Å². The average Bonchev–Trinajstić information content (AvgIpc) is 4.03. The maximum absolute atomic E-state index is 12.5. The molecule has 4 aromatic carbocycles. The van der Waals surface area contributed by atoms with E-state index in [1.165, 1.54) is 32.4 Å². The second kappa shape index (κ2) is 19.0. The Hall–Kier alpha value is -5.87. The van der Waals surface area contributed by atoms with Crippen molar-refractivity contribution in [3.63, 3.8) is 0 Å². The van der Waals surface area contributed by atoms with Gasteiger partial charge in [-0.3, -0.25) is 4.79 Å². The van der Waals surface area contributed by atoms with Crippen molar-refractivity contribution in [2.75, 3.05) is 13.9 Å². The lowest BCUT2D eigenvalue weighted by atomic mass is 9.70. The molecule has 10 rings (SSSR count). The summed E-state index contributed by atoms with van der Waals surface area (Å²) in [5, 5.41) is 9.34. The maximum atomic E-state index is 12.5. The first-order valence-electron chi connectivity index (χ1n) is 23.8. The number of aliphatic hydroxyl groups is 1. The van der Waals surface area contributed by atoms with Crippen LogP contribution in [-0.2, 0) is 25.7 Å². The summed E-state index contributed by atoms with van der Waals surface area (Å²) in [6.45, 7) is 16.0. The summed E-state index contributed by atoms with van der Waals surface area (Å²) in [6, 6.07) is 26.8. The smallest absolute Gasteiger partial charge is 0.331 e. The molecule has 6 aliphatic rings. The van der Waals surface area contributed by atoms with Gasteiger partial charge in [0, 0.05) is 23.0 Å². The number of fused-ring (bicyclic) bond motifs is 6. The van der Waals surface area contributed by atoms with Gasteiger partial charge in [-0.2, -0.15) is 0 Å². The average molecular weight is 911 g/mol. The van der Waals surface area contributed by atoms with Crippen LogP contribution in [0.5, 0.6) is 23.0 Å². The van der Waals surface area contributed by atoms with Crippen LogP contribution >= 0.6 is 0 Å². The van der Waals surface area contributed by atoms with Crippen molar-refractivity contribution in [2.45, 2.75) is 118 Å². The van der Waals surface area contributed by atoms with E-state index in [4.69, 9.17) is 28.4 Å². The lowest BCUT2D eigenvalue weighted by Crippen LogP contribution is -2.38. The highest BCUT2D eigenvalue weighted by molar-refractivity contribution is 6.02. The molecule has 0 amide bonds. The van der Waals surface area contributed by atoms with E-state index in [0.717, 1.165) is 47.3 Å². The minimum absolute atomic E-state index is 0.00633. The third kappa shape index (κ3) is 9.39. The minimum Gasteiger partial charge on any atom is -0.496 e. The molecule has 10 heteroatoms. The molecule has 4 aromatic rings.